The average Bonchev–Trinajstić information content (AvgIpc) is 3.09. The van der Waals surface area contributed by atoms with E-state index in [-0.39, 0.29) is 36.8 Å². The zero-order valence-electron chi connectivity index (χ0n) is 11.4. The fourth-order valence-electron chi connectivity index (χ4n) is 2.18. The minimum Gasteiger partial charge on any atom is -0.333 e. The second kappa shape index (κ2) is 8.10. The van der Waals surface area contributed by atoms with E-state index in [0.29, 0.717) is 0 Å². The molecule has 1 N–H and O–H groups in total. The number of thiophene rings is 1. The normalized spacial score (nSPS) is 17.8. The van der Waals surface area contributed by atoms with Gasteiger partial charge in [0.1, 0.15) is 9.88 Å². The summed E-state index contributed by atoms with van der Waals surface area (Å²) in [6.45, 7) is 4.57. The van der Waals surface area contributed by atoms with Crippen LogP contribution in [0.3, 0.4) is 0 Å². The lowest BCUT2D eigenvalue weighted by atomic mass is 10.2. The summed E-state index contributed by atoms with van der Waals surface area (Å²) < 4.78 is 0. The molecule has 2 aromatic heterocycles. The van der Waals surface area contributed by atoms with Crippen LogP contribution in [0.1, 0.15) is 16.6 Å². The molecular weight excluding hydrogens is 349 g/mol. The fraction of sp³-hybridized carbons (Fsp3) is 0.385. The predicted molar refractivity (Wildman–Crippen MR) is 93.3 cm³/mol. The first-order valence-corrected chi connectivity index (χ1v) is 8.01. The summed E-state index contributed by atoms with van der Waals surface area (Å²) in [6, 6.07) is 2.28. The molecule has 0 bridgehead atoms. The molecule has 3 rings (SSSR count). The van der Waals surface area contributed by atoms with Gasteiger partial charge in [-0.15, -0.1) is 36.2 Å². The van der Waals surface area contributed by atoms with Crippen molar-refractivity contribution in [1.82, 2.24) is 15.2 Å². The molecule has 1 atom stereocenters. The number of amides is 1. The van der Waals surface area contributed by atoms with Crippen LogP contribution in [-0.2, 0) is 0 Å². The number of rotatable bonds is 2. The van der Waals surface area contributed by atoms with E-state index in [2.05, 4.69) is 22.6 Å². The Labute approximate surface area is 144 Å². The number of nitrogens with one attached hydrogen (secondary N) is 1. The molecule has 1 fully saturated rings. The molecule has 21 heavy (non-hydrogen) atoms. The Bertz CT molecular complexity index is 574. The van der Waals surface area contributed by atoms with E-state index in [4.69, 9.17) is 0 Å². The Balaban J connectivity index is 0.00000110. The van der Waals surface area contributed by atoms with Crippen molar-refractivity contribution in [3.05, 3.63) is 27.9 Å². The highest BCUT2D eigenvalue weighted by atomic mass is 35.5. The van der Waals surface area contributed by atoms with Gasteiger partial charge in [-0.3, -0.25) is 4.79 Å². The lowest BCUT2D eigenvalue weighted by Crippen LogP contribution is -2.52. The van der Waals surface area contributed by atoms with Gasteiger partial charge in [-0.25, -0.2) is 4.98 Å². The maximum atomic E-state index is 12.5. The SMILES string of the molecule is C[C@@H]1CNCCN1C(=O)c1cnc(-c2ccsc2)s1.Cl.Cl. The highest BCUT2D eigenvalue weighted by Crippen LogP contribution is 2.28. The molecule has 2 aromatic rings. The number of carbonyl (C=O) groups is 1. The molecular formula is C13H17Cl2N3OS2. The molecule has 0 unspecified atom stereocenters. The predicted octanol–water partition coefficient (Wildman–Crippen LogP) is 3.15. The molecule has 1 aliphatic heterocycles. The molecule has 0 aromatic carbocycles. The summed E-state index contributed by atoms with van der Waals surface area (Å²) in [6.07, 6.45) is 1.70. The first-order valence-electron chi connectivity index (χ1n) is 6.26. The molecule has 0 aliphatic carbocycles. The standard InChI is InChI=1S/C13H15N3OS2.2ClH/c1-9-6-14-3-4-16(9)13(17)11-7-15-12(19-11)10-2-5-18-8-10;;/h2,5,7-9,14H,3-4,6H2,1H3;2*1H/t9-;;/m1../s1. The second-order valence-electron chi connectivity index (χ2n) is 4.59. The minimum absolute atomic E-state index is 0. The number of carbonyl (C=O) groups excluding carboxylic acids is 1. The summed E-state index contributed by atoms with van der Waals surface area (Å²) in [5.74, 6) is 0.105. The van der Waals surface area contributed by atoms with E-state index >= 15 is 0 Å². The highest BCUT2D eigenvalue weighted by molar-refractivity contribution is 7.17. The van der Waals surface area contributed by atoms with E-state index in [0.717, 1.165) is 35.1 Å². The van der Waals surface area contributed by atoms with Gasteiger partial charge in [0.2, 0.25) is 0 Å². The second-order valence-corrected chi connectivity index (χ2v) is 6.40. The first-order chi connectivity index (χ1) is 9.25. The van der Waals surface area contributed by atoms with Crippen molar-refractivity contribution in [3.63, 3.8) is 0 Å². The molecule has 1 amide bonds. The number of piperazine rings is 1. The van der Waals surface area contributed by atoms with Crippen LogP contribution in [0.4, 0.5) is 0 Å². The van der Waals surface area contributed by atoms with Gasteiger partial charge < -0.3 is 10.2 Å². The average molecular weight is 366 g/mol. The number of thiazole rings is 1. The van der Waals surface area contributed by atoms with E-state index in [1.54, 1.807) is 17.5 Å². The van der Waals surface area contributed by atoms with Gasteiger partial charge in [0.25, 0.3) is 5.91 Å². The Morgan fingerprint density at radius 3 is 2.95 bits per heavy atom. The van der Waals surface area contributed by atoms with Gasteiger partial charge in [-0.1, -0.05) is 0 Å². The number of halogens is 2. The van der Waals surface area contributed by atoms with E-state index in [9.17, 15) is 4.79 Å². The molecule has 8 heteroatoms. The summed E-state index contributed by atoms with van der Waals surface area (Å²) in [4.78, 5) is 19.5. The zero-order chi connectivity index (χ0) is 13.2. The van der Waals surface area contributed by atoms with Crippen molar-refractivity contribution in [1.29, 1.82) is 0 Å². The number of aromatic nitrogens is 1. The number of hydrogen-bond acceptors (Lipinski definition) is 5. The molecule has 0 saturated carbocycles. The lowest BCUT2D eigenvalue weighted by Gasteiger charge is -2.33. The van der Waals surface area contributed by atoms with Crippen LogP contribution in [0.5, 0.6) is 0 Å². The van der Waals surface area contributed by atoms with Gasteiger partial charge in [-0.05, 0) is 18.4 Å². The first kappa shape index (κ1) is 18.4. The Morgan fingerprint density at radius 1 is 1.48 bits per heavy atom. The number of nitrogens with zero attached hydrogens (tertiary/aromatic N) is 2. The van der Waals surface area contributed by atoms with Crippen LogP contribution in [-0.4, -0.2) is 41.5 Å². The maximum Gasteiger partial charge on any atom is 0.265 e. The van der Waals surface area contributed by atoms with Gasteiger partial charge in [0.05, 0.1) is 6.20 Å². The van der Waals surface area contributed by atoms with E-state index < -0.39 is 0 Å². The van der Waals surface area contributed by atoms with Crippen molar-refractivity contribution < 1.29 is 4.79 Å². The maximum absolute atomic E-state index is 12.5. The van der Waals surface area contributed by atoms with E-state index in [1.165, 1.54) is 11.3 Å². The van der Waals surface area contributed by atoms with Gasteiger partial charge in [0.15, 0.2) is 0 Å². The Hall–Kier alpha value is -0.660. The van der Waals surface area contributed by atoms with Crippen LogP contribution in [0.15, 0.2) is 23.0 Å². The Morgan fingerprint density at radius 2 is 2.29 bits per heavy atom. The molecule has 116 valence electrons. The smallest absolute Gasteiger partial charge is 0.265 e. The van der Waals surface area contributed by atoms with Gasteiger partial charge in [0, 0.05) is 36.6 Å². The topological polar surface area (TPSA) is 45.2 Å². The van der Waals surface area contributed by atoms with Crippen molar-refractivity contribution in [2.24, 2.45) is 0 Å². The number of hydrogen-bond donors (Lipinski definition) is 1. The van der Waals surface area contributed by atoms with Crippen molar-refractivity contribution in [2.45, 2.75) is 13.0 Å². The zero-order valence-corrected chi connectivity index (χ0v) is 14.7. The molecule has 4 nitrogen and oxygen atoms in total. The third-order valence-corrected chi connectivity index (χ3v) is 4.96. The van der Waals surface area contributed by atoms with Gasteiger partial charge in [-0.2, -0.15) is 11.3 Å². The summed E-state index contributed by atoms with van der Waals surface area (Å²) in [5, 5.41) is 8.30. The highest BCUT2D eigenvalue weighted by Gasteiger charge is 2.25. The summed E-state index contributed by atoms with van der Waals surface area (Å²) >= 11 is 3.12. The lowest BCUT2D eigenvalue weighted by molar-refractivity contribution is 0.0660. The third-order valence-electron chi connectivity index (χ3n) is 3.25. The van der Waals surface area contributed by atoms with Crippen molar-refractivity contribution >= 4 is 53.4 Å². The fourth-order valence-corrected chi connectivity index (χ4v) is 3.76. The minimum atomic E-state index is 0. The molecule has 1 saturated heterocycles. The van der Waals surface area contributed by atoms with Crippen LogP contribution in [0, 0.1) is 0 Å². The quantitative estimate of drug-likeness (QED) is 0.888. The molecule has 3 heterocycles. The van der Waals surface area contributed by atoms with Crippen LogP contribution in [0.2, 0.25) is 0 Å². The Kier molecular flexibility index (Phi) is 7.09. The summed E-state index contributed by atoms with van der Waals surface area (Å²) in [7, 11) is 0. The third kappa shape index (κ3) is 3.96. The summed E-state index contributed by atoms with van der Waals surface area (Å²) in [5.41, 5.74) is 1.10. The largest absolute Gasteiger partial charge is 0.333 e. The van der Waals surface area contributed by atoms with Gasteiger partial charge >= 0.3 is 0 Å². The molecule has 0 spiro atoms. The molecule has 1 aliphatic rings. The van der Waals surface area contributed by atoms with Crippen molar-refractivity contribution in [3.8, 4) is 10.6 Å². The van der Waals surface area contributed by atoms with Crippen LogP contribution in [0.25, 0.3) is 10.6 Å². The van der Waals surface area contributed by atoms with Crippen LogP contribution < -0.4 is 5.32 Å². The van der Waals surface area contributed by atoms with Crippen LogP contribution >= 0.6 is 47.5 Å². The van der Waals surface area contributed by atoms with Crippen molar-refractivity contribution in [2.75, 3.05) is 19.6 Å². The molecule has 0 radical (unpaired) electrons. The van der Waals surface area contributed by atoms with E-state index in [1.807, 2.05) is 16.3 Å². The monoisotopic (exact) mass is 365 g/mol.